The molecule has 118 valence electrons. The van der Waals surface area contributed by atoms with E-state index in [9.17, 15) is 0 Å². The Balaban J connectivity index is 1.82. The first-order chi connectivity index (χ1) is 10.8. The van der Waals surface area contributed by atoms with Gasteiger partial charge in [-0.1, -0.05) is 75.4 Å². The van der Waals surface area contributed by atoms with Crippen molar-refractivity contribution in [1.82, 2.24) is 0 Å². The molecule has 2 aromatic rings. The summed E-state index contributed by atoms with van der Waals surface area (Å²) >= 11 is 0. The van der Waals surface area contributed by atoms with Crippen LogP contribution < -0.4 is 4.52 Å². The van der Waals surface area contributed by atoms with E-state index in [1.54, 1.807) is 0 Å². The zero-order chi connectivity index (χ0) is 15.6. The van der Waals surface area contributed by atoms with Crippen LogP contribution in [0.1, 0.15) is 51.0 Å². The summed E-state index contributed by atoms with van der Waals surface area (Å²) in [7, 11) is 2.27. The predicted octanol–water partition coefficient (Wildman–Crippen LogP) is 6.43. The molecule has 2 heteroatoms. The molecule has 1 atom stereocenters. The zero-order valence-electron chi connectivity index (χ0n) is 13.6. The van der Waals surface area contributed by atoms with Gasteiger partial charge < -0.3 is 4.52 Å². The van der Waals surface area contributed by atoms with Crippen molar-refractivity contribution in [3.05, 3.63) is 54.1 Å². The Hall–Kier alpha value is -1.33. The molecule has 0 bridgehead atoms. The Kier molecular flexibility index (Phi) is 7.46. The molecule has 0 aliphatic carbocycles. The van der Waals surface area contributed by atoms with Gasteiger partial charge in [-0.25, -0.2) is 0 Å². The molecule has 0 aromatic heterocycles. The average Bonchev–Trinajstić information content (AvgIpc) is 2.59. The Morgan fingerprint density at radius 2 is 1.27 bits per heavy atom. The molecule has 2 aromatic carbocycles. The van der Waals surface area contributed by atoms with Gasteiger partial charge in [-0.15, -0.1) is 0 Å². The summed E-state index contributed by atoms with van der Waals surface area (Å²) in [5.74, 6) is 0.869. The summed E-state index contributed by atoms with van der Waals surface area (Å²) in [6.45, 7) is 2.27. The van der Waals surface area contributed by atoms with Gasteiger partial charge in [0.1, 0.15) is 5.75 Å². The van der Waals surface area contributed by atoms with Crippen molar-refractivity contribution in [3.63, 3.8) is 0 Å². The second-order valence-electron chi connectivity index (χ2n) is 5.86. The minimum atomic E-state index is 0.869. The topological polar surface area (TPSA) is 9.23 Å². The maximum absolute atomic E-state index is 5.12. The Morgan fingerprint density at radius 1 is 0.727 bits per heavy atom. The van der Waals surface area contributed by atoms with E-state index < -0.39 is 0 Å². The summed E-state index contributed by atoms with van der Waals surface area (Å²) in [5, 5.41) is 0. The third-order valence-corrected chi connectivity index (χ3v) is 4.37. The van der Waals surface area contributed by atoms with E-state index in [0.29, 0.717) is 0 Å². The molecule has 0 aliphatic rings. The molecule has 0 saturated carbocycles. The summed E-state index contributed by atoms with van der Waals surface area (Å²) in [6.07, 6.45) is 9.36. The van der Waals surface area contributed by atoms with E-state index in [1.807, 2.05) is 12.1 Å². The standard InChI is InChI=1S/C20H27OP/c1-2-3-4-5-6-7-8-17-9-11-18(12-10-17)19-13-15-20(21-22)16-14-19/h9-16H,2-8,22H2,1H3. The molecule has 0 radical (unpaired) electrons. The number of hydrogen-bond donors (Lipinski definition) is 0. The average molecular weight is 314 g/mol. The van der Waals surface area contributed by atoms with Crippen molar-refractivity contribution in [2.45, 2.75) is 51.9 Å². The molecule has 0 fully saturated rings. The van der Waals surface area contributed by atoms with Gasteiger partial charge in [-0.2, -0.15) is 0 Å². The van der Waals surface area contributed by atoms with E-state index in [0.717, 1.165) is 5.75 Å². The lowest BCUT2D eigenvalue weighted by Gasteiger charge is -2.06. The fourth-order valence-corrected chi connectivity index (χ4v) is 2.86. The largest absolute Gasteiger partial charge is 0.480 e. The summed E-state index contributed by atoms with van der Waals surface area (Å²) < 4.78 is 5.12. The lowest BCUT2D eigenvalue weighted by molar-refractivity contribution is 0.607. The first-order valence-corrected chi connectivity index (χ1v) is 8.86. The number of unbranched alkanes of at least 4 members (excludes halogenated alkanes) is 5. The van der Waals surface area contributed by atoms with Crippen LogP contribution in [0.15, 0.2) is 48.5 Å². The van der Waals surface area contributed by atoms with E-state index in [4.69, 9.17) is 4.52 Å². The normalized spacial score (nSPS) is 10.6. The van der Waals surface area contributed by atoms with Crippen LogP contribution >= 0.6 is 9.47 Å². The Labute approximate surface area is 137 Å². The van der Waals surface area contributed by atoms with Gasteiger partial charge in [0.15, 0.2) is 0 Å². The second-order valence-corrected chi connectivity index (χ2v) is 6.09. The second kappa shape index (κ2) is 9.64. The number of benzene rings is 2. The minimum Gasteiger partial charge on any atom is -0.480 e. The highest BCUT2D eigenvalue weighted by molar-refractivity contribution is 7.10. The van der Waals surface area contributed by atoms with Crippen molar-refractivity contribution in [2.24, 2.45) is 0 Å². The highest BCUT2D eigenvalue weighted by Crippen LogP contribution is 2.24. The fourth-order valence-electron chi connectivity index (χ4n) is 2.70. The third-order valence-electron chi connectivity index (χ3n) is 4.10. The van der Waals surface area contributed by atoms with Crippen LogP contribution in [0.2, 0.25) is 0 Å². The quantitative estimate of drug-likeness (QED) is 0.383. The Morgan fingerprint density at radius 3 is 1.86 bits per heavy atom. The maximum Gasteiger partial charge on any atom is 0.122 e. The number of hydrogen-bond acceptors (Lipinski definition) is 1. The molecule has 0 amide bonds. The molecule has 0 aliphatic heterocycles. The van der Waals surface area contributed by atoms with Crippen molar-refractivity contribution in [3.8, 4) is 16.9 Å². The van der Waals surface area contributed by atoms with Crippen LogP contribution in [0.25, 0.3) is 11.1 Å². The minimum absolute atomic E-state index is 0.869. The number of aryl methyl sites for hydroxylation is 1. The Bertz CT molecular complexity index is 531. The van der Waals surface area contributed by atoms with Crippen LogP contribution in [0.3, 0.4) is 0 Å². The van der Waals surface area contributed by atoms with Gasteiger partial charge in [0.2, 0.25) is 0 Å². The highest BCUT2D eigenvalue weighted by Gasteiger charge is 1.99. The zero-order valence-corrected chi connectivity index (χ0v) is 14.7. The first kappa shape index (κ1) is 17.0. The van der Waals surface area contributed by atoms with E-state index in [1.165, 1.54) is 61.6 Å². The number of rotatable bonds is 9. The molecule has 1 nitrogen and oxygen atoms in total. The smallest absolute Gasteiger partial charge is 0.122 e. The van der Waals surface area contributed by atoms with E-state index in [-0.39, 0.29) is 0 Å². The maximum atomic E-state index is 5.12. The van der Waals surface area contributed by atoms with Crippen molar-refractivity contribution >= 4 is 9.47 Å². The van der Waals surface area contributed by atoms with Crippen molar-refractivity contribution in [1.29, 1.82) is 0 Å². The first-order valence-electron chi connectivity index (χ1n) is 8.39. The van der Waals surface area contributed by atoms with Gasteiger partial charge in [0.25, 0.3) is 0 Å². The molecule has 1 unspecified atom stereocenters. The summed E-state index contributed by atoms with van der Waals surface area (Å²) in [6, 6.07) is 17.2. The third kappa shape index (κ3) is 5.46. The lowest BCUT2D eigenvalue weighted by atomic mass is 10.0. The predicted molar refractivity (Wildman–Crippen MR) is 99.3 cm³/mol. The van der Waals surface area contributed by atoms with Crippen LogP contribution in [-0.4, -0.2) is 0 Å². The van der Waals surface area contributed by atoms with Crippen LogP contribution in [-0.2, 0) is 6.42 Å². The molecular formula is C20H27OP. The van der Waals surface area contributed by atoms with E-state index >= 15 is 0 Å². The molecule has 2 rings (SSSR count). The van der Waals surface area contributed by atoms with Gasteiger partial charge in [-0.05, 0) is 41.7 Å². The molecule has 22 heavy (non-hydrogen) atoms. The highest BCUT2D eigenvalue weighted by atomic mass is 31.0. The molecule has 0 heterocycles. The van der Waals surface area contributed by atoms with Gasteiger partial charge in [0.05, 0.1) is 9.47 Å². The summed E-state index contributed by atoms with van der Waals surface area (Å²) in [5.41, 5.74) is 3.95. The van der Waals surface area contributed by atoms with Gasteiger partial charge >= 0.3 is 0 Å². The molecular weight excluding hydrogens is 287 g/mol. The van der Waals surface area contributed by atoms with Crippen molar-refractivity contribution in [2.75, 3.05) is 0 Å². The van der Waals surface area contributed by atoms with Gasteiger partial charge in [0, 0.05) is 0 Å². The monoisotopic (exact) mass is 314 g/mol. The van der Waals surface area contributed by atoms with E-state index in [2.05, 4.69) is 52.8 Å². The lowest BCUT2D eigenvalue weighted by Crippen LogP contribution is -1.87. The molecule has 0 spiro atoms. The fraction of sp³-hybridized carbons (Fsp3) is 0.400. The van der Waals surface area contributed by atoms with Crippen molar-refractivity contribution < 1.29 is 4.52 Å². The van der Waals surface area contributed by atoms with Crippen LogP contribution in [0.4, 0.5) is 0 Å². The molecule has 0 N–H and O–H groups in total. The van der Waals surface area contributed by atoms with Gasteiger partial charge in [-0.3, -0.25) is 0 Å². The van der Waals surface area contributed by atoms with Crippen LogP contribution in [0, 0.1) is 0 Å². The van der Waals surface area contributed by atoms with Crippen LogP contribution in [0.5, 0.6) is 5.75 Å². The molecule has 0 saturated heterocycles. The SMILES string of the molecule is CCCCCCCCc1ccc(-c2ccc(OP)cc2)cc1. The summed E-state index contributed by atoms with van der Waals surface area (Å²) in [4.78, 5) is 0.